The molecule has 4 heteroatoms. The summed E-state index contributed by atoms with van der Waals surface area (Å²) < 4.78 is 5.40. The molecule has 1 saturated carbocycles. The minimum atomic E-state index is -0.381. The van der Waals surface area contributed by atoms with Gasteiger partial charge in [0.05, 0.1) is 6.04 Å². The maximum Gasteiger partial charge on any atom is 0.410 e. The number of carbonyl (C=O) groups excluding carboxylic acids is 1. The molecule has 0 aromatic carbocycles. The molecule has 84 valence electrons. The van der Waals surface area contributed by atoms with Crippen molar-refractivity contribution in [3.63, 3.8) is 0 Å². The molecule has 1 aliphatic carbocycles. The summed E-state index contributed by atoms with van der Waals surface area (Å²) in [6.07, 6.45) is 1.11. The molecular weight excluding hydrogens is 192 g/mol. The molecule has 15 heavy (non-hydrogen) atoms. The second-order valence-corrected chi connectivity index (χ2v) is 5.97. The van der Waals surface area contributed by atoms with Crippen LogP contribution in [0.15, 0.2) is 0 Å². The van der Waals surface area contributed by atoms with Gasteiger partial charge in [-0.1, -0.05) is 0 Å². The van der Waals surface area contributed by atoms with E-state index in [9.17, 15) is 4.79 Å². The molecule has 2 heterocycles. The number of hydrogen-bond acceptors (Lipinski definition) is 3. The van der Waals surface area contributed by atoms with Gasteiger partial charge < -0.3 is 15.0 Å². The van der Waals surface area contributed by atoms with Crippen molar-refractivity contribution in [2.45, 2.75) is 44.4 Å². The average molecular weight is 210 g/mol. The lowest BCUT2D eigenvalue weighted by molar-refractivity contribution is 0.0108. The van der Waals surface area contributed by atoms with E-state index in [1.54, 1.807) is 0 Å². The summed E-state index contributed by atoms with van der Waals surface area (Å²) in [4.78, 5) is 13.8. The highest BCUT2D eigenvalue weighted by Gasteiger charge is 2.71. The third-order valence-corrected chi connectivity index (χ3v) is 3.79. The molecular formula is C11H18N2O2. The van der Waals surface area contributed by atoms with Crippen LogP contribution in [0.1, 0.15) is 27.2 Å². The van der Waals surface area contributed by atoms with Crippen LogP contribution < -0.4 is 5.32 Å². The summed E-state index contributed by atoms with van der Waals surface area (Å²) in [6.45, 7) is 7.56. The minimum Gasteiger partial charge on any atom is -0.444 e. The molecule has 0 aromatic rings. The van der Waals surface area contributed by atoms with Gasteiger partial charge >= 0.3 is 6.09 Å². The predicted octanol–water partition coefficient (Wildman–Crippen LogP) is 0.968. The molecule has 1 spiro atoms. The summed E-state index contributed by atoms with van der Waals surface area (Å²) in [7, 11) is 0. The molecule has 1 amide bonds. The fourth-order valence-electron chi connectivity index (χ4n) is 2.93. The van der Waals surface area contributed by atoms with Gasteiger partial charge in [0.15, 0.2) is 0 Å². The van der Waals surface area contributed by atoms with Crippen LogP contribution in [-0.2, 0) is 4.74 Å². The summed E-state index contributed by atoms with van der Waals surface area (Å²) in [5.41, 5.74) is -0.0783. The fraction of sp³-hybridized carbons (Fsp3) is 0.909. The summed E-state index contributed by atoms with van der Waals surface area (Å²) in [6, 6.07) is 0.400. The van der Waals surface area contributed by atoms with E-state index in [1.165, 1.54) is 6.42 Å². The SMILES string of the molecule is CC(C)(C)OC(=O)N1C[C@@H]2CC23NC[C@@H]13. The third-order valence-electron chi connectivity index (χ3n) is 3.79. The predicted molar refractivity (Wildman–Crippen MR) is 55.6 cm³/mol. The average Bonchev–Trinajstić information content (AvgIpc) is 2.70. The highest BCUT2D eigenvalue weighted by molar-refractivity contribution is 5.70. The topological polar surface area (TPSA) is 41.6 Å². The van der Waals surface area contributed by atoms with Crippen molar-refractivity contribution in [2.24, 2.45) is 5.92 Å². The van der Waals surface area contributed by atoms with Crippen molar-refractivity contribution >= 4 is 6.09 Å². The van der Waals surface area contributed by atoms with Gasteiger partial charge in [-0.3, -0.25) is 0 Å². The normalized spacial score (nSPS) is 41.7. The Morgan fingerprint density at radius 1 is 1.53 bits per heavy atom. The van der Waals surface area contributed by atoms with Crippen molar-refractivity contribution in [2.75, 3.05) is 13.1 Å². The molecule has 2 aliphatic heterocycles. The molecule has 0 aromatic heterocycles. The zero-order valence-electron chi connectivity index (χ0n) is 9.54. The van der Waals surface area contributed by atoms with Gasteiger partial charge in [0.25, 0.3) is 0 Å². The zero-order valence-corrected chi connectivity index (χ0v) is 9.54. The lowest BCUT2D eigenvalue weighted by Crippen LogP contribution is -2.65. The van der Waals surface area contributed by atoms with Crippen LogP contribution in [0.5, 0.6) is 0 Å². The minimum absolute atomic E-state index is 0.138. The smallest absolute Gasteiger partial charge is 0.410 e. The molecule has 3 fully saturated rings. The Kier molecular flexibility index (Phi) is 1.57. The Morgan fingerprint density at radius 2 is 2.27 bits per heavy atom. The van der Waals surface area contributed by atoms with Crippen LogP contribution in [0, 0.1) is 5.92 Å². The van der Waals surface area contributed by atoms with Gasteiger partial charge in [0.2, 0.25) is 0 Å². The first kappa shape index (κ1) is 9.46. The van der Waals surface area contributed by atoms with Gasteiger partial charge in [-0.15, -0.1) is 0 Å². The van der Waals surface area contributed by atoms with Gasteiger partial charge in [0.1, 0.15) is 5.60 Å². The van der Waals surface area contributed by atoms with Crippen LogP contribution in [0.3, 0.4) is 0 Å². The number of nitrogens with zero attached hydrogens (tertiary/aromatic N) is 1. The summed E-state index contributed by atoms with van der Waals surface area (Å²) >= 11 is 0. The Bertz CT molecular complexity index is 319. The molecule has 0 bridgehead atoms. The Hall–Kier alpha value is -0.770. The first-order chi connectivity index (χ1) is 6.92. The highest BCUT2D eigenvalue weighted by atomic mass is 16.6. The Morgan fingerprint density at radius 3 is 2.73 bits per heavy atom. The number of piperidine rings is 1. The van der Waals surface area contributed by atoms with E-state index in [0.29, 0.717) is 17.5 Å². The molecule has 3 atom stereocenters. The summed E-state index contributed by atoms with van der Waals surface area (Å²) in [5, 5.41) is 3.46. The van der Waals surface area contributed by atoms with Crippen molar-refractivity contribution in [1.82, 2.24) is 10.2 Å². The van der Waals surface area contributed by atoms with E-state index in [2.05, 4.69) is 5.32 Å². The van der Waals surface area contributed by atoms with Crippen molar-refractivity contribution in [3.8, 4) is 0 Å². The summed E-state index contributed by atoms with van der Waals surface area (Å²) in [5.74, 6) is 0.684. The number of amides is 1. The molecule has 1 unspecified atom stereocenters. The maximum absolute atomic E-state index is 11.9. The molecule has 0 radical (unpaired) electrons. The van der Waals surface area contributed by atoms with Crippen LogP contribution in [0.2, 0.25) is 0 Å². The van der Waals surface area contributed by atoms with Gasteiger partial charge in [-0.2, -0.15) is 0 Å². The number of hydrogen-bond donors (Lipinski definition) is 1. The number of ether oxygens (including phenoxy) is 1. The van der Waals surface area contributed by atoms with E-state index in [0.717, 1.165) is 13.1 Å². The van der Waals surface area contributed by atoms with Crippen molar-refractivity contribution in [3.05, 3.63) is 0 Å². The monoisotopic (exact) mass is 210 g/mol. The van der Waals surface area contributed by atoms with Crippen LogP contribution in [0.25, 0.3) is 0 Å². The van der Waals surface area contributed by atoms with Gasteiger partial charge in [-0.25, -0.2) is 4.79 Å². The van der Waals surface area contributed by atoms with Crippen molar-refractivity contribution in [1.29, 1.82) is 0 Å². The lowest BCUT2D eigenvalue weighted by Gasteiger charge is -2.41. The second kappa shape index (κ2) is 2.48. The van der Waals surface area contributed by atoms with E-state index in [4.69, 9.17) is 4.74 Å². The zero-order chi connectivity index (χ0) is 10.8. The van der Waals surface area contributed by atoms with Gasteiger partial charge in [-0.05, 0) is 33.1 Å². The first-order valence-electron chi connectivity index (χ1n) is 5.67. The first-order valence-corrected chi connectivity index (χ1v) is 5.67. The number of likely N-dealkylation sites (tertiary alicyclic amines) is 1. The molecule has 4 nitrogen and oxygen atoms in total. The maximum atomic E-state index is 11.9. The lowest BCUT2D eigenvalue weighted by atomic mass is 9.98. The second-order valence-electron chi connectivity index (χ2n) is 5.97. The molecule has 2 saturated heterocycles. The van der Waals surface area contributed by atoms with Gasteiger partial charge in [0, 0.05) is 18.6 Å². The largest absolute Gasteiger partial charge is 0.444 e. The van der Waals surface area contributed by atoms with E-state index in [1.807, 2.05) is 25.7 Å². The number of rotatable bonds is 0. The van der Waals surface area contributed by atoms with Crippen LogP contribution in [0.4, 0.5) is 4.79 Å². The Balaban J connectivity index is 1.67. The Labute approximate surface area is 90.0 Å². The van der Waals surface area contributed by atoms with Crippen molar-refractivity contribution < 1.29 is 9.53 Å². The number of nitrogens with one attached hydrogen (secondary N) is 1. The standard InChI is InChI=1S/C11H18N2O2/c1-10(2,3)15-9(14)13-6-7-4-11(7)8(13)5-12-11/h7-8,12H,4-6H2,1-3H3/t7-,8+,11?/m0/s1. The van der Waals surface area contributed by atoms with E-state index < -0.39 is 0 Å². The molecule has 3 aliphatic rings. The van der Waals surface area contributed by atoms with E-state index >= 15 is 0 Å². The number of carbonyl (C=O) groups is 1. The highest BCUT2D eigenvalue weighted by Crippen LogP contribution is 2.57. The van der Waals surface area contributed by atoms with E-state index in [-0.39, 0.29) is 11.7 Å². The quantitative estimate of drug-likeness (QED) is 0.647. The fourth-order valence-corrected chi connectivity index (χ4v) is 2.93. The molecule has 3 rings (SSSR count). The van der Waals surface area contributed by atoms with Crippen LogP contribution >= 0.6 is 0 Å². The van der Waals surface area contributed by atoms with Crippen LogP contribution in [-0.4, -0.2) is 41.3 Å². The third kappa shape index (κ3) is 1.20. The molecule has 1 N–H and O–H groups in total.